The Morgan fingerprint density at radius 3 is 2.26 bits per heavy atom. The third kappa shape index (κ3) is 2.66. The highest BCUT2D eigenvalue weighted by atomic mass is 32.2. The molecule has 0 aliphatic carbocycles. The summed E-state index contributed by atoms with van der Waals surface area (Å²) >= 11 is 1.24. The van der Waals surface area contributed by atoms with Gasteiger partial charge >= 0.3 is 0 Å². The Bertz CT molecular complexity index is 657. The molecule has 1 heterocycles. The van der Waals surface area contributed by atoms with E-state index in [0.29, 0.717) is 4.91 Å². The molecule has 0 bridgehead atoms. The largest absolute Gasteiger partial charge is 0.284 e. The number of thioether (sulfide) groups is 1. The van der Waals surface area contributed by atoms with Gasteiger partial charge in [0.2, 0.25) is 0 Å². The summed E-state index contributed by atoms with van der Waals surface area (Å²) in [4.78, 5) is 15.6. The van der Waals surface area contributed by atoms with Gasteiger partial charge in [0, 0.05) is 0 Å². The Balaban J connectivity index is 1.86. The van der Waals surface area contributed by atoms with Crippen molar-refractivity contribution in [1.29, 1.82) is 0 Å². The van der Waals surface area contributed by atoms with Gasteiger partial charge in [-0.15, -0.1) is 0 Å². The molecule has 0 spiro atoms. The lowest BCUT2D eigenvalue weighted by molar-refractivity contribution is -0.113. The normalized spacial score (nSPS) is 16.2. The maximum Gasteiger partial charge on any atom is 0.284 e. The van der Waals surface area contributed by atoms with Crippen LogP contribution >= 0.6 is 11.8 Å². The first-order valence-electron chi connectivity index (χ1n) is 5.87. The standard InChI is InChI=1S/C16H10NOS/c18-16-15(19-11-17-16)10-12-6-8-14(9-7-12)13-4-2-1-3-5-13/h1-10H. The van der Waals surface area contributed by atoms with Crippen LogP contribution in [0.5, 0.6) is 0 Å². The topological polar surface area (TPSA) is 29.4 Å². The zero-order chi connectivity index (χ0) is 13.1. The van der Waals surface area contributed by atoms with E-state index in [1.165, 1.54) is 17.3 Å². The van der Waals surface area contributed by atoms with E-state index in [1.54, 1.807) is 0 Å². The molecule has 0 fully saturated rings. The van der Waals surface area contributed by atoms with Crippen LogP contribution in [0.2, 0.25) is 0 Å². The van der Waals surface area contributed by atoms with E-state index >= 15 is 0 Å². The zero-order valence-electron chi connectivity index (χ0n) is 10.0. The lowest BCUT2D eigenvalue weighted by atomic mass is 10.0. The third-order valence-electron chi connectivity index (χ3n) is 2.83. The molecule has 1 aliphatic rings. The molecule has 91 valence electrons. The molecule has 0 unspecified atom stereocenters. The van der Waals surface area contributed by atoms with Crippen LogP contribution in [0.25, 0.3) is 17.2 Å². The van der Waals surface area contributed by atoms with E-state index in [4.69, 9.17) is 0 Å². The minimum atomic E-state index is -0.211. The average molecular weight is 264 g/mol. The Morgan fingerprint density at radius 2 is 1.63 bits per heavy atom. The van der Waals surface area contributed by atoms with Gasteiger partial charge in [0.15, 0.2) is 0 Å². The molecule has 0 atom stereocenters. The van der Waals surface area contributed by atoms with E-state index in [2.05, 4.69) is 34.8 Å². The van der Waals surface area contributed by atoms with Gasteiger partial charge in [-0.1, -0.05) is 66.4 Å². The first-order valence-corrected chi connectivity index (χ1v) is 6.69. The number of nitrogens with zero attached hydrogens (tertiary/aromatic N) is 1. The molecule has 1 amide bonds. The highest BCUT2D eigenvalue weighted by Gasteiger charge is 2.13. The average Bonchev–Trinajstić information content (AvgIpc) is 2.86. The molecule has 1 radical (unpaired) electrons. The van der Waals surface area contributed by atoms with Crippen LogP contribution in [-0.4, -0.2) is 11.5 Å². The second kappa shape index (κ2) is 5.24. The number of amides is 1. The Kier molecular flexibility index (Phi) is 3.29. The van der Waals surface area contributed by atoms with Crippen molar-refractivity contribution >= 4 is 29.3 Å². The lowest BCUT2D eigenvalue weighted by Crippen LogP contribution is -1.87. The second-order valence-corrected chi connectivity index (χ2v) is 4.93. The fraction of sp³-hybridized carbons (Fsp3) is 0. The Labute approximate surface area is 115 Å². The van der Waals surface area contributed by atoms with Crippen molar-refractivity contribution in [2.75, 3.05) is 0 Å². The van der Waals surface area contributed by atoms with Gasteiger partial charge in [-0.05, 0) is 22.8 Å². The van der Waals surface area contributed by atoms with E-state index in [0.717, 1.165) is 11.1 Å². The maximum absolute atomic E-state index is 11.3. The van der Waals surface area contributed by atoms with Crippen LogP contribution in [0, 0.1) is 0 Å². The van der Waals surface area contributed by atoms with Crippen molar-refractivity contribution in [3.05, 3.63) is 65.1 Å². The van der Waals surface area contributed by atoms with Crippen LogP contribution in [0.4, 0.5) is 0 Å². The molecular weight excluding hydrogens is 254 g/mol. The molecule has 3 rings (SSSR count). The maximum atomic E-state index is 11.3. The van der Waals surface area contributed by atoms with Crippen LogP contribution in [0.3, 0.4) is 0 Å². The first-order chi connectivity index (χ1) is 9.33. The number of benzene rings is 2. The van der Waals surface area contributed by atoms with E-state index < -0.39 is 0 Å². The molecule has 0 aromatic heterocycles. The van der Waals surface area contributed by atoms with Crippen molar-refractivity contribution < 1.29 is 4.79 Å². The van der Waals surface area contributed by atoms with Gasteiger partial charge < -0.3 is 0 Å². The summed E-state index contributed by atoms with van der Waals surface area (Å²) in [7, 11) is 0. The smallest absolute Gasteiger partial charge is 0.266 e. The second-order valence-electron chi connectivity index (χ2n) is 4.11. The fourth-order valence-electron chi connectivity index (χ4n) is 1.86. The summed E-state index contributed by atoms with van der Waals surface area (Å²) in [5.74, 6) is -0.211. The lowest BCUT2D eigenvalue weighted by Gasteiger charge is -2.02. The number of carbonyl (C=O) groups excluding carboxylic acids is 1. The van der Waals surface area contributed by atoms with Crippen molar-refractivity contribution in [1.82, 2.24) is 0 Å². The summed E-state index contributed by atoms with van der Waals surface area (Å²) in [6, 6.07) is 18.3. The molecular formula is C16H10NOS. The van der Waals surface area contributed by atoms with Gasteiger partial charge in [-0.3, -0.25) is 4.79 Å². The highest BCUT2D eigenvalue weighted by Crippen LogP contribution is 2.25. The predicted molar refractivity (Wildman–Crippen MR) is 79.9 cm³/mol. The van der Waals surface area contributed by atoms with Gasteiger partial charge in [0.05, 0.1) is 4.91 Å². The molecule has 2 nitrogen and oxygen atoms in total. The minimum absolute atomic E-state index is 0.211. The number of hydrogen-bond donors (Lipinski definition) is 0. The summed E-state index contributed by atoms with van der Waals surface area (Å²) in [5.41, 5.74) is 5.95. The number of aliphatic imine (C=N–C) groups is 1. The summed E-state index contributed by atoms with van der Waals surface area (Å²) in [5, 5.41) is 0. The van der Waals surface area contributed by atoms with Crippen molar-refractivity contribution in [3.63, 3.8) is 0 Å². The van der Waals surface area contributed by atoms with Crippen molar-refractivity contribution in [2.24, 2.45) is 4.99 Å². The monoisotopic (exact) mass is 264 g/mol. The van der Waals surface area contributed by atoms with Crippen molar-refractivity contribution in [2.45, 2.75) is 0 Å². The molecule has 1 aliphatic heterocycles. The SMILES string of the molecule is O=C1N=[C]SC1=Cc1ccc(-c2ccccc2)cc1. The van der Waals surface area contributed by atoms with Crippen molar-refractivity contribution in [3.8, 4) is 11.1 Å². The Hall–Kier alpha value is -2.13. The quantitative estimate of drug-likeness (QED) is 0.770. The number of rotatable bonds is 2. The fourth-order valence-corrected chi connectivity index (χ4v) is 2.41. The molecule has 2 aromatic carbocycles. The molecule has 0 N–H and O–H groups in total. The zero-order valence-corrected chi connectivity index (χ0v) is 10.9. The third-order valence-corrected chi connectivity index (χ3v) is 3.52. The van der Waals surface area contributed by atoms with E-state index in [1.807, 2.05) is 36.4 Å². The summed E-state index contributed by atoms with van der Waals surface area (Å²) in [6.07, 6.45) is 1.84. The van der Waals surface area contributed by atoms with E-state index in [-0.39, 0.29) is 5.91 Å². The number of carbonyl (C=O) groups is 1. The molecule has 3 heteroatoms. The highest BCUT2D eigenvalue weighted by molar-refractivity contribution is 8.16. The van der Waals surface area contributed by atoms with Gasteiger partial charge in [-0.2, -0.15) is 4.99 Å². The predicted octanol–water partition coefficient (Wildman–Crippen LogP) is 3.87. The van der Waals surface area contributed by atoms with Crippen LogP contribution in [0.1, 0.15) is 5.56 Å². The number of hydrogen-bond acceptors (Lipinski definition) is 2. The van der Waals surface area contributed by atoms with Gasteiger partial charge in [-0.25, -0.2) is 0 Å². The van der Waals surface area contributed by atoms with Crippen LogP contribution < -0.4 is 0 Å². The summed E-state index contributed by atoms with van der Waals surface area (Å²) in [6.45, 7) is 0. The summed E-state index contributed by atoms with van der Waals surface area (Å²) < 4.78 is 0. The van der Waals surface area contributed by atoms with Gasteiger partial charge in [0.25, 0.3) is 5.91 Å². The molecule has 2 aromatic rings. The molecule has 0 saturated carbocycles. The minimum Gasteiger partial charge on any atom is -0.266 e. The Morgan fingerprint density at radius 1 is 0.947 bits per heavy atom. The van der Waals surface area contributed by atoms with Crippen LogP contribution in [-0.2, 0) is 4.79 Å². The molecule has 19 heavy (non-hydrogen) atoms. The van der Waals surface area contributed by atoms with Crippen LogP contribution in [0.15, 0.2) is 64.5 Å². The van der Waals surface area contributed by atoms with E-state index in [9.17, 15) is 4.79 Å². The first kappa shape index (κ1) is 11.9. The molecule has 0 saturated heterocycles. The van der Waals surface area contributed by atoms with Gasteiger partial charge in [0.1, 0.15) is 5.55 Å².